The number of aliphatic hydroxyl groups excluding tert-OH is 1. The second-order valence-corrected chi connectivity index (χ2v) is 7.53. The Morgan fingerprint density at radius 2 is 2.07 bits per heavy atom. The molecule has 3 aromatic rings. The van der Waals surface area contributed by atoms with Crippen LogP contribution in [0, 0.1) is 11.7 Å². The van der Waals surface area contributed by atoms with Gasteiger partial charge in [0.05, 0.1) is 11.8 Å². The lowest BCUT2D eigenvalue weighted by Crippen LogP contribution is -2.45. The monoisotopic (exact) mass is 381 g/mol. The van der Waals surface area contributed by atoms with E-state index in [-0.39, 0.29) is 23.7 Å². The summed E-state index contributed by atoms with van der Waals surface area (Å²) in [5.41, 5.74) is 2.63. The molecule has 1 saturated heterocycles. The van der Waals surface area contributed by atoms with Crippen molar-refractivity contribution in [2.45, 2.75) is 32.4 Å². The smallest absolute Gasteiger partial charge is 0.224 e. The molecule has 146 valence electrons. The number of amides is 1. The molecule has 0 bridgehead atoms. The summed E-state index contributed by atoms with van der Waals surface area (Å²) in [5, 5.41) is 10.9. The minimum atomic E-state index is -0.327. The number of halogens is 1. The summed E-state index contributed by atoms with van der Waals surface area (Å²) < 4.78 is 15.4. The molecule has 0 unspecified atom stereocenters. The fraction of sp³-hybridized carbons (Fsp3) is 0.364. The van der Waals surface area contributed by atoms with Crippen molar-refractivity contribution < 1.29 is 14.3 Å². The van der Waals surface area contributed by atoms with Crippen molar-refractivity contribution in [3.63, 3.8) is 0 Å². The second kappa shape index (κ2) is 7.72. The fourth-order valence-corrected chi connectivity index (χ4v) is 3.90. The third kappa shape index (κ3) is 3.64. The SMILES string of the molecule is C[C@@H]1CN(C(=O)CCn2c(-c3ccc(F)cc3)cc3cccnc32)CC[C@@H]1O. The lowest BCUT2D eigenvalue weighted by Gasteiger charge is -2.34. The molecule has 0 aliphatic carbocycles. The number of hydrogen-bond acceptors (Lipinski definition) is 3. The van der Waals surface area contributed by atoms with E-state index in [0.717, 1.165) is 22.3 Å². The van der Waals surface area contributed by atoms with Crippen molar-refractivity contribution in [3.05, 3.63) is 54.5 Å². The van der Waals surface area contributed by atoms with Gasteiger partial charge < -0.3 is 14.6 Å². The number of carbonyl (C=O) groups is 1. The summed E-state index contributed by atoms with van der Waals surface area (Å²) in [4.78, 5) is 19.1. The van der Waals surface area contributed by atoms with Crippen LogP contribution in [0.2, 0.25) is 0 Å². The topological polar surface area (TPSA) is 58.4 Å². The minimum Gasteiger partial charge on any atom is -0.393 e. The highest BCUT2D eigenvalue weighted by Crippen LogP contribution is 2.28. The molecule has 0 saturated carbocycles. The lowest BCUT2D eigenvalue weighted by atomic mass is 9.96. The third-order valence-corrected chi connectivity index (χ3v) is 5.56. The molecule has 1 amide bonds. The summed E-state index contributed by atoms with van der Waals surface area (Å²) >= 11 is 0. The Bertz CT molecular complexity index is 983. The highest BCUT2D eigenvalue weighted by atomic mass is 19.1. The van der Waals surface area contributed by atoms with Crippen LogP contribution >= 0.6 is 0 Å². The van der Waals surface area contributed by atoms with Gasteiger partial charge in [0, 0.05) is 37.6 Å². The Morgan fingerprint density at radius 3 is 2.82 bits per heavy atom. The first-order chi connectivity index (χ1) is 13.5. The average molecular weight is 381 g/mol. The molecule has 1 aromatic carbocycles. The van der Waals surface area contributed by atoms with Gasteiger partial charge in [-0.3, -0.25) is 4.79 Å². The van der Waals surface area contributed by atoms with Crippen LogP contribution in [0.4, 0.5) is 4.39 Å². The molecule has 1 fully saturated rings. The molecule has 1 aliphatic heterocycles. The van der Waals surface area contributed by atoms with Crippen LogP contribution in [0.25, 0.3) is 22.3 Å². The number of piperidine rings is 1. The van der Waals surface area contributed by atoms with E-state index in [1.807, 2.05) is 34.6 Å². The van der Waals surface area contributed by atoms with Gasteiger partial charge in [0.2, 0.25) is 5.91 Å². The maximum atomic E-state index is 13.3. The summed E-state index contributed by atoms with van der Waals surface area (Å²) in [7, 11) is 0. The van der Waals surface area contributed by atoms with Gasteiger partial charge in [0.1, 0.15) is 11.5 Å². The molecular weight excluding hydrogens is 357 g/mol. The third-order valence-electron chi connectivity index (χ3n) is 5.56. The summed E-state index contributed by atoms with van der Waals surface area (Å²) in [6.07, 6.45) is 2.40. The number of rotatable bonds is 4. The van der Waals surface area contributed by atoms with Crippen LogP contribution in [-0.4, -0.2) is 44.7 Å². The van der Waals surface area contributed by atoms with Gasteiger partial charge in [-0.05, 0) is 60.4 Å². The summed E-state index contributed by atoms with van der Waals surface area (Å²) in [5.74, 6) is -0.0933. The Balaban J connectivity index is 1.58. The standard InChI is InChI=1S/C22H24FN3O2/c1-15-14-25(11-8-20(15)27)21(28)9-12-26-19(16-4-6-18(23)7-5-16)13-17-3-2-10-24-22(17)26/h2-7,10,13,15,20,27H,8-9,11-12,14H2,1H3/t15-,20+/m1/s1. The number of nitrogens with zero attached hydrogens (tertiary/aromatic N) is 3. The number of likely N-dealkylation sites (tertiary alicyclic amines) is 1. The Hall–Kier alpha value is -2.73. The highest BCUT2D eigenvalue weighted by molar-refractivity contribution is 5.84. The second-order valence-electron chi connectivity index (χ2n) is 7.53. The van der Waals surface area contributed by atoms with Crippen molar-refractivity contribution in [2.75, 3.05) is 13.1 Å². The van der Waals surface area contributed by atoms with E-state index in [0.29, 0.717) is 32.5 Å². The number of aliphatic hydroxyl groups is 1. The molecule has 0 spiro atoms. The first-order valence-corrected chi connectivity index (χ1v) is 9.69. The molecule has 5 nitrogen and oxygen atoms in total. The van der Waals surface area contributed by atoms with Gasteiger partial charge >= 0.3 is 0 Å². The number of pyridine rings is 1. The van der Waals surface area contributed by atoms with Crippen molar-refractivity contribution in [2.24, 2.45) is 5.92 Å². The van der Waals surface area contributed by atoms with Crippen molar-refractivity contribution in [3.8, 4) is 11.3 Å². The van der Waals surface area contributed by atoms with E-state index in [1.54, 1.807) is 18.3 Å². The van der Waals surface area contributed by atoms with Crippen LogP contribution in [0.1, 0.15) is 19.8 Å². The highest BCUT2D eigenvalue weighted by Gasteiger charge is 2.27. The molecule has 1 N–H and O–H groups in total. The molecule has 1 aliphatic rings. The quantitative estimate of drug-likeness (QED) is 0.753. The van der Waals surface area contributed by atoms with Gasteiger partial charge in [0.25, 0.3) is 0 Å². The molecule has 0 radical (unpaired) electrons. The maximum Gasteiger partial charge on any atom is 0.224 e. The van der Waals surface area contributed by atoms with Gasteiger partial charge in [-0.25, -0.2) is 9.37 Å². The molecule has 6 heteroatoms. The van der Waals surface area contributed by atoms with Gasteiger partial charge in [-0.2, -0.15) is 0 Å². The number of aromatic nitrogens is 2. The average Bonchev–Trinajstić information content (AvgIpc) is 3.07. The van der Waals surface area contributed by atoms with Gasteiger partial charge in [0.15, 0.2) is 0 Å². The number of fused-ring (bicyclic) bond motifs is 1. The van der Waals surface area contributed by atoms with Crippen molar-refractivity contribution in [1.29, 1.82) is 0 Å². The maximum absolute atomic E-state index is 13.3. The number of aryl methyl sites for hydroxylation is 1. The van der Waals surface area contributed by atoms with Gasteiger partial charge in [-0.15, -0.1) is 0 Å². The van der Waals surface area contributed by atoms with Crippen LogP contribution in [-0.2, 0) is 11.3 Å². The fourth-order valence-electron chi connectivity index (χ4n) is 3.90. The van der Waals surface area contributed by atoms with Crippen molar-refractivity contribution in [1.82, 2.24) is 14.5 Å². The van der Waals surface area contributed by atoms with Gasteiger partial charge in [-0.1, -0.05) is 6.92 Å². The van der Waals surface area contributed by atoms with Crippen LogP contribution in [0.5, 0.6) is 0 Å². The number of benzene rings is 1. The zero-order chi connectivity index (χ0) is 19.7. The molecular formula is C22H24FN3O2. The van der Waals surface area contributed by atoms with E-state index in [4.69, 9.17) is 0 Å². The molecule has 4 rings (SSSR count). The van der Waals surface area contributed by atoms with E-state index in [2.05, 4.69) is 4.98 Å². The van der Waals surface area contributed by atoms with E-state index >= 15 is 0 Å². The first kappa shape index (κ1) is 18.6. The predicted molar refractivity (Wildman–Crippen MR) is 106 cm³/mol. The first-order valence-electron chi connectivity index (χ1n) is 9.69. The molecule has 2 atom stereocenters. The number of hydrogen-bond donors (Lipinski definition) is 1. The summed E-state index contributed by atoms with van der Waals surface area (Å²) in [6.45, 7) is 3.66. The van der Waals surface area contributed by atoms with E-state index < -0.39 is 0 Å². The Morgan fingerprint density at radius 1 is 1.29 bits per heavy atom. The lowest BCUT2D eigenvalue weighted by molar-refractivity contribution is -0.134. The normalized spacial score (nSPS) is 19.9. The Kier molecular flexibility index (Phi) is 5.13. The largest absolute Gasteiger partial charge is 0.393 e. The van der Waals surface area contributed by atoms with Crippen molar-refractivity contribution >= 4 is 16.9 Å². The predicted octanol–water partition coefficient (Wildman–Crippen LogP) is 3.46. The van der Waals surface area contributed by atoms with E-state index in [1.165, 1.54) is 12.1 Å². The van der Waals surface area contributed by atoms with E-state index in [9.17, 15) is 14.3 Å². The zero-order valence-corrected chi connectivity index (χ0v) is 15.9. The van der Waals surface area contributed by atoms with Crippen LogP contribution in [0.3, 0.4) is 0 Å². The van der Waals surface area contributed by atoms with Crippen LogP contribution in [0.15, 0.2) is 48.7 Å². The Labute approximate surface area is 163 Å². The van der Waals surface area contributed by atoms with Crippen LogP contribution < -0.4 is 0 Å². The minimum absolute atomic E-state index is 0.0848. The molecule has 28 heavy (non-hydrogen) atoms. The zero-order valence-electron chi connectivity index (χ0n) is 15.9. The summed E-state index contributed by atoms with van der Waals surface area (Å²) in [6, 6.07) is 12.3. The molecule has 3 heterocycles. The number of carbonyl (C=O) groups excluding carboxylic acids is 1. The molecule has 2 aromatic heterocycles.